The van der Waals surface area contributed by atoms with E-state index in [0.29, 0.717) is 54.5 Å². The molecule has 0 saturated heterocycles. The van der Waals surface area contributed by atoms with Gasteiger partial charge >= 0.3 is 12.1 Å². The second-order valence-corrected chi connectivity index (χ2v) is 12.5. The van der Waals surface area contributed by atoms with Gasteiger partial charge in [0.25, 0.3) is 0 Å². The number of ether oxygens (including phenoxy) is 1. The molecule has 45 heavy (non-hydrogen) atoms. The van der Waals surface area contributed by atoms with Crippen LogP contribution < -0.4 is 26.6 Å². The standard InChI is InChI=1S/C34H43Cl2N5O4/c1-34(2,3)45-33(44)37-19-11-10-16-30(31(42)38-22-25-14-8-5-9-15-25)40-27(20-24-12-6-4-7-13-24)23-39-32(43)41-29-18-17-26(35)21-28(29)36/h4-9,12-15,17-18,21,27,30,40H,10-11,16,19-20,22-23H2,1-3H3,(H,37,44)(H,38,42)(H2,39,41,43)/t27-,30+/m1/s1. The molecule has 3 rings (SSSR count). The van der Waals surface area contributed by atoms with Crippen LogP contribution in [0.1, 0.15) is 51.2 Å². The molecule has 0 aliphatic rings. The smallest absolute Gasteiger partial charge is 0.407 e. The summed E-state index contributed by atoms with van der Waals surface area (Å²) >= 11 is 12.2. The van der Waals surface area contributed by atoms with Crippen molar-refractivity contribution in [3.05, 3.63) is 100 Å². The molecule has 0 spiro atoms. The molecule has 3 aromatic carbocycles. The predicted octanol–water partition coefficient (Wildman–Crippen LogP) is 6.70. The van der Waals surface area contributed by atoms with E-state index in [-0.39, 0.29) is 18.5 Å². The number of carbonyl (C=O) groups is 3. The van der Waals surface area contributed by atoms with Crippen molar-refractivity contribution in [1.82, 2.24) is 21.3 Å². The summed E-state index contributed by atoms with van der Waals surface area (Å²) in [5.41, 5.74) is 1.91. The zero-order chi connectivity index (χ0) is 32.7. The normalized spacial score (nSPS) is 12.5. The van der Waals surface area contributed by atoms with E-state index >= 15 is 0 Å². The Morgan fingerprint density at radius 2 is 1.49 bits per heavy atom. The summed E-state index contributed by atoms with van der Waals surface area (Å²) in [6.45, 7) is 6.50. The Bertz CT molecular complexity index is 1370. The molecule has 0 saturated carbocycles. The Kier molecular flexibility index (Phi) is 14.5. The second-order valence-electron chi connectivity index (χ2n) is 11.7. The fraction of sp³-hybridized carbons (Fsp3) is 0.382. The summed E-state index contributed by atoms with van der Waals surface area (Å²) < 4.78 is 5.30. The van der Waals surface area contributed by atoms with Crippen molar-refractivity contribution < 1.29 is 19.1 Å². The van der Waals surface area contributed by atoms with Crippen molar-refractivity contribution in [2.45, 2.75) is 70.7 Å². The van der Waals surface area contributed by atoms with Crippen LogP contribution in [-0.4, -0.2) is 48.8 Å². The number of unbranched alkanes of at least 4 members (excludes halogenated alkanes) is 1. The number of halogens is 2. The van der Waals surface area contributed by atoms with E-state index in [1.54, 1.807) is 18.2 Å². The van der Waals surface area contributed by atoms with Crippen LogP contribution in [0.25, 0.3) is 0 Å². The van der Waals surface area contributed by atoms with Gasteiger partial charge in [0, 0.05) is 30.7 Å². The SMILES string of the molecule is CC(C)(C)OC(=O)NCCCC[C@H](N[C@@H](CNC(=O)Nc1ccc(Cl)cc1Cl)Cc1ccccc1)C(=O)NCc1ccccc1. The number of urea groups is 1. The summed E-state index contributed by atoms with van der Waals surface area (Å²) in [5.74, 6) is -0.144. The van der Waals surface area contributed by atoms with Crippen molar-refractivity contribution in [1.29, 1.82) is 0 Å². The fourth-order valence-electron chi connectivity index (χ4n) is 4.52. The third-order valence-corrected chi connectivity index (χ3v) is 7.21. The highest BCUT2D eigenvalue weighted by molar-refractivity contribution is 6.36. The van der Waals surface area contributed by atoms with Gasteiger partial charge in [-0.05, 0) is 75.8 Å². The molecule has 0 aliphatic heterocycles. The zero-order valence-corrected chi connectivity index (χ0v) is 27.5. The van der Waals surface area contributed by atoms with Crippen molar-refractivity contribution >= 4 is 46.9 Å². The first-order valence-corrected chi connectivity index (χ1v) is 15.8. The number of hydrogen-bond acceptors (Lipinski definition) is 5. The van der Waals surface area contributed by atoms with E-state index in [9.17, 15) is 14.4 Å². The lowest BCUT2D eigenvalue weighted by Gasteiger charge is -2.26. The van der Waals surface area contributed by atoms with Crippen LogP contribution in [0.3, 0.4) is 0 Å². The highest BCUT2D eigenvalue weighted by Gasteiger charge is 2.23. The van der Waals surface area contributed by atoms with Crippen molar-refractivity contribution in [2.75, 3.05) is 18.4 Å². The Labute approximate surface area is 275 Å². The Hall–Kier alpha value is -3.79. The van der Waals surface area contributed by atoms with Gasteiger partial charge < -0.3 is 31.3 Å². The number of hydrogen-bond donors (Lipinski definition) is 5. The van der Waals surface area contributed by atoms with Crippen LogP contribution in [0, 0.1) is 0 Å². The monoisotopic (exact) mass is 655 g/mol. The number of benzene rings is 3. The quantitative estimate of drug-likeness (QED) is 0.117. The molecule has 0 heterocycles. The number of nitrogens with one attached hydrogen (secondary N) is 5. The second kappa shape index (κ2) is 18.2. The van der Waals surface area contributed by atoms with Gasteiger partial charge in [-0.25, -0.2) is 9.59 Å². The van der Waals surface area contributed by atoms with Crippen molar-refractivity contribution in [3.8, 4) is 0 Å². The first-order valence-electron chi connectivity index (χ1n) is 15.1. The molecule has 0 aliphatic carbocycles. The number of carbonyl (C=O) groups excluding carboxylic acids is 3. The molecule has 3 aromatic rings. The summed E-state index contributed by atoms with van der Waals surface area (Å²) in [4.78, 5) is 38.3. The lowest BCUT2D eigenvalue weighted by molar-refractivity contribution is -0.123. The zero-order valence-electron chi connectivity index (χ0n) is 26.0. The maximum atomic E-state index is 13.5. The third-order valence-electron chi connectivity index (χ3n) is 6.66. The average molecular weight is 657 g/mol. The van der Waals surface area contributed by atoms with E-state index in [1.165, 1.54) is 0 Å². The van der Waals surface area contributed by atoms with Crippen molar-refractivity contribution in [3.63, 3.8) is 0 Å². The maximum Gasteiger partial charge on any atom is 0.407 e. The van der Waals surface area contributed by atoms with Gasteiger partial charge in [-0.2, -0.15) is 0 Å². The Morgan fingerprint density at radius 3 is 2.13 bits per heavy atom. The molecule has 2 atom stereocenters. The van der Waals surface area contributed by atoms with E-state index in [0.717, 1.165) is 11.1 Å². The molecule has 0 fully saturated rings. The van der Waals surface area contributed by atoms with Crippen LogP contribution in [-0.2, 0) is 22.5 Å². The Morgan fingerprint density at radius 1 is 0.822 bits per heavy atom. The van der Waals surface area contributed by atoms with Gasteiger partial charge in [-0.3, -0.25) is 4.79 Å². The van der Waals surface area contributed by atoms with Crippen LogP contribution >= 0.6 is 23.2 Å². The van der Waals surface area contributed by atoms with Gasteiger partial charge in [0.2, 0.25) is 5.91 Å². The van der Waals surface area contributed by atoms with Gasteiger partial charge in [0.15, 0.2) is 0 Å². The fourth-order valence-corrected chi connectivity index (χ4v) is 4.98. The van der Waals surface area contributed by atoms with Crippen LogP contribution in [0.2, 0.25) is 10.0 Å². The van der Waals surface area contributed by atoms with E-state index in [4.69, 9.17) is 27.9 Å². The molecule has 0 radical (unpaired) electrons. The minimum absolute atomic E-state index is 0.144. The minimum atomic E-state index is -0.574. The lowest BCUT2D eigenvalue weighted by Crippen LogP contribution is -2.52. The first kappa shape index (κ1) is 35.7. The largest absolute Gasteiger partial charge is 0.444 e. The highest BCUT2D eigenvalue weighted by Crippen LogP contribution is 2.25. The van der Waals surface area contributed by atoms with Gasteiger partial charge in [0.1, 0.15) is 5.60 Å². The molecule has 5 N–H and O–H groups in total. The maximum absolute atomic E-state index is 13.5. The molecular weight excluding hydrogens is 613 g/mol. The molecule has 242 valence electrons. The first-order chi connectivity index (χ1) is 21.5. The summed E-state index contributed by atoms with van der Waals surface area (Å²) in [6, 6.07) is 23.2. The van der Waals surface area contributed by atoms with Gasteiger partial charge in [-0.15, -0.1) is 0 Å². The van der Waals surface area contributed by atoms with Gasteiger partial charge in [-0.1, -0.05) is 83.9 Å². The van der Waals surface area contributed by atoms with Gasteiger partial charge in [0.05, 0.1) is 16.8 Å². The molecule has 0 aromatic heterocycles. The topological polar surface area (TPSA) is 121 Å². The van der Waals surface area contributed by atoms with E-state index < -0.39 is 23.8 Å². The molecule has 0 bridgehead atoms. The minimum Gasteiger partial charge on any atom is -0.444 e. The molecule has 9 nitrogen and oxygen atoms in total. The summed E-state index contributed by atoms with van der Waals surface area (Å²) in [6.07, 6.45) is 1.97. The number of anilines is 1. The molecular formula is C34H43Cl2N5O4. The predicted molar refractivity (Wildman–Crippen MR) is 181 cm³/mol. The van der Waals surface area contributed by atoms with E-state index in [1.807, 2.05) is 81.4 Å². The van der Waals surface area contributed by atoms with Crippen LogP contribution in [0.5, 0.6) is 0 Å². The highest BCUT2D eigenvalue weighted by atomic mass is 35.5. The lowest BCUT2D eigenvalue weighted by atomic mass is 10.0. The number of alkyl carbamates (subject to hydrolysis) is 1. The van der Waals surface area contributed by atoms with Crippen molar-refractivity contribution in [2.24, 2.45) is 0 Å². The third kappa shape index (κ3) is 14.2. The van der Waals surface area contributed by atoms with E-state index in [2.05, 4.69) is 26.6 Å². The summed E-state index contributed by atoms with van der Waals surface area (Å²) in [5, 5.41) is 15.8. The Balaban J connectivity index is 1.66. The average Bonchev–Trinajstić information content (AvgIpc) is 2.99. The number of amides is 4. The molecule has 4 amide bonds. The summed E-state index contributed by atoms with van der Waals surface area (Å²) in [7, 11) is 0. The molecule has 11 heteroatoms. The number of rotatable bonds is 15. The van der Waals surface area contributed by atoms with Crippen LogP contribution in [0.4, 0.5) is 15.3 Å². The molecule has 0 unspecified atom stereocenters. The van der Waals surface area contributed by atoms with Crippen LogP contribution in [0.15, 0.2) is 78.9 Å².